The lowest BCUT2D eigenvalue weighted by Crippen LogP contribution is -2.58. The van der Waals surface area contributed by atoms with Gasteiger partial charge in [-0.15, -0.1) is 0 Å². The second-order valence-corrected chi connectivity index (χ2v) is 6.35. The molecule has 1 aliphatic rings. The summed E-state index contributed by atoms with van der Waals surface area (Å²) in [5.41, 5.74) is 1.69. The molecule has 6 nitrogen and oxygen atoms in total. The molecular weight excluding hydrogens is 278 g/mol. The van der Waals surface area contributed by atoms with E-state index in [1.54, 1.807) is 0 Å². The van der Waals surface area contributed by atoms with Crippen molar-refractivity contribution in [2.75, 3.05) is 19.6 Å². The summed E-state index contributed by atoms with van der Waals surface area (Å²) in [6, 6.07) is 3.86. The smallest absolute Gasteiger partial charge is 0.239 e. The Morgan fingerprint density at radius 1 is 1.45 bits per heavy atom. The second-order valence-electron chi connectivity index (χ2n) is 6.35. The van der Waals surface area contributed by atoms with Gasteiger partial charge in [-0.05, 0) is 32.4 Å². The summed E-state index contributed by atoms with van der Waals surface area (Å²) in [7, 11) is 0. The lowest BCUT2D eigenvalue weighted by atomic mass is 10.0. The van der Waals surface area contributed by atoms with Crippen LogP contribution in [0.2, 0.25) is 0 Å². The van der Waals surface area contributed by atoms with Gasteiger partial charge >= 0.3 is 0 Å². The van der Waals surface area contributed by atoms with Crippen LogP contribution in [-0.4, -0.2) is 41.0 Å². The van der Waals surface area contributed by atoms with Crippen LogP contribution in [0, 0.1) is 6.92 Å². The van der Waals surface area contributed by atoms with Gasteiger partial charge in [0.05, 0.1) is 23.3 Å². The first-order valence-electron chi connectivity index (χ1n) is 7.68. The minimum Gasteiger partial charge on any atom is -0.343 e. The number of amides is 1. The molecule has 22 heavy (non-hydrogen) atoms. The largest absolute Gasteiger partial charge is 0.343 e. The second kappa shape index (κ2) is 5.70. The number of nitrogens with one attached hydrogen (secondary N) is 3. The van der Waals surface area contributed by atoms with Gasteiger partial charge in [0.1, 0.15) is 5.82 Å². The van der Waals surface area contributed by atoms with Crippen molar-refractivity contribution in [1.82, 2.24) is 25.3 Å². The van der Waals surface area contributed by atoms with Gasteiger partial charge < -0.3 is 20.4 Å². The molecule has 1 atom stereocenters. The van der Waals surface area contributed by atoms with Crippen molar-refractivity contribution in [3.05, 3.63) is 35.9 Å². The van der Waals surface area contributed by atoms with E-state index in [-0.39, 0.29) is 11.9 Å². The number of hydrogen-bond acceptors (Lipinski definition) is 4. The van der Waals surface area contributed by atoms with Crippen LogP contribution in [0.5, 0.6) is 0 Å². The van der Waals surface area contributed by atoms with Crippen LogP contribution in [0.3, 0.4) is 0 Å². The van der Waals surface area contributed by atoms with Crippen LogP contribution in [0.25, 0.3) is 5.52 Å². The number of aromatic nitrogens is 2. The molecular formula is C16H23N5O. The van der Waals surface area contributed by atoms with Gasteiger partial charge in [-0.25, -0.2) is 4.98 Å². The SMILES string of the molecule is Cc1cccn2c(C(C)(C)NC(=O)[C@@H]3CNCCN3)ncc12. The van der Waals surface area contributed by atoms with Crippen molar-refractivity contribution in [3.63, 3.8) is 0 Å². The van der Waals surface area contributed by atoms with Crippen molar-refractivity contribution in [2.45, 2.75) is 32.4 Å². The number of imidazole rings is 1. The molecule has 1 amide bonds. The maximum absolute atomic E-state index is 12.5. The minimum atomic E-state index is -0.545. The average Bonchev–Trinajstić information content (AvgIpc) is 2.94. The van der Waals surface area contributed by atoms with Gasteiger partial charge in [0.15, 0.2) is 0 Å². The summed E-state index contributed by atoms with van der Waals surface area (Å²) in [6.07, 6.45) is 3.85. The number of pyridine rings is 1. The first-order chi connectivity index (χ1) is 10.5. The highest BCUT2D eigenvalue weighted by molar-refractivity contribution is 5.83. The molecule has 0 spiro atoms. The molecule has 2 aromatic rings. The normalized spacial score (nSPS) is 19.3. The molecule has 1 saturated heterocycles. The number of carbonyl (C=O) groups excluding carboxylic acids is 1. The van der Waals surface area contributed by atoms with Gasteiger partial charge in [-0.1, -0.05) is 6.07 Å². The van der Waals surface area contributed by atoms with Crippen LogP contribution < -0.4 is 16.0 Å². The summed E-state index contributed by atoms with van der Waals surface area (Å²) in [4.78, 5) is 17.0. The predicted octanol–water partition coefficient (Wildman–Crippen LogP) is 0.555. The van der Waals surface area contributed by atoms with Crippen molar-refractivity contribution in [2.24, 2.45) is 0 Å². The van der Waals surface area contributed by atoms with Gasteiger partial charge in [0.25, 0.3) is 0 Å². The van der Waals surface area contributed by atoms with E-state index in [2.05, 4.69) is 33.9 Å². The maximum Gasteiger partial charge on any atom is 0.239 e. The molecule has 0 aromatic carbocycles. The third kappa shape index (κ3) is 2.71. The first kappa shape index (κ1) is 15.0. The zero-order valence-corrected chi connectivity index (χ0v) is 13.3. The monoisotopic (exact) mass is 301 g/mol. The third-order valence-electron chi connectivity index (χ3n) is 4.13. The lowest BCUT2D eigenvalue weighted by molar-refractivity contribution is -0.125. The zero-order chi connectivity index (χ0) is 15.7. The van der Waals surface area contributed by atoms with E-state index < -0.39 is 5.54 Å². The van der Waals surface area contributed by atoms with Gasteiger partial charge in [-0.3, -0.25) is 4.79 Å². The van der Waals surface area contributed by atoms with E-state index >= 15 is 0 Å². The Morgan fingerprint density at radius 3 is 3.00 bits per heavy atom. The van der Waals surface area contributed by atoms with Crippen LogP contribution in [0.15, 0.2) is 24.5 Å². The molecule has 1 aliphatic heterocycles. The van der Waals surface area contributed by atoms with Gasteiger partial charge in [0, 0.05) is 25.8 Å². The average molecular weight is 301 g/mol. The topological polar surface area (TPSA) is 70.5 Å². The number of nitrogens with zero attached hydrogens (tertiary/aromatic N) is 2. The number of carbonyl (C=O) groups is 1. The van der Waals surface area contributed by atoms with Crippen molar-refractivity contribution >= 4 is 11.4 Å². The van der Waals surface area contributed by atoms with Crippen LogP contribution in [0.1, 0.15) is 25.2 Å². The molecule has 1 fully saturated rings. The Morgan fingerprint density at radius 2 is 2.27 bits per heavy atom. The molecule has 6 heteroatoms. The summed E-state index contributed by atoms with van der Waals surface area (Å²) >= 11 is 0. The number of rotatable bonds is 3. The molecule has 0 aliphatic carbocycles. The Bertz CT molecular complexity index is 685. The summed E-state index contributed by atoms with van der Waals surface area (Å²) in [5, 5.41) is 9.58. The maximum atomic E-state index is 12.5. The van der Waals surface area contributed by atoms with E-state index in [0.717, 1.165) is 24.4 Å². The van der Waals surface area contributed by atoms with Crippen molar-refractivity contribution < 1.29 is 4.79 Å². The highest BCUT2D eigenvalue weighted by Gasteiger charge is 2.31. The standard InChI is InChI=1S/C16H23N5O/c1-11-5-4-8-21-13(11)10-19-15(21)16(2,3)20-14(22)12-9-17-6-7-18-12/h4-5,8,10,12,17-18H,6-7,9H2,1-3H3,(H,20,22)/t12-/m0/s1. The van der Waals surface area contributed by atoms with Gasteiger partial charge in [0.2, 0.25) is 5.91 Å². The van der Waals surface area contributed by atoms with Crippen molar-refractivity contribution in [3.8, 4) is 0 Å². The zero-order valence-electron chi connectivity index (χ0n) is 13.3. The van der Waals surface area contributed by atoms with E-state index in [4.69, 9.17) is 0 Å². The van der Waals surface area contributed by atoms with Crippen LogP contribution >= 0.6 is 0 Å². The highest BCUT2D eigenvalue weighted by atomic mass is 16.2. The van der Waals surface area contributed by atoms with Crippen LogP contribution in [0.4, 0.5) is 0 Å². The first-order valence-corrected chi connectivity index (χ1v) is 7.68. The molecule has 0 saturated carbocycles. The molecule has 0 unspecified atom stereocenters. The van der Waals surface area contributed by atoms with Crippen molar-refractivity contribution in [1.29, 1.82) is 0 Å². The minimum absolute atomic E-state index is 0.00148. The fourth-order valence-electron chi connectivity index (χ4n) is 2.91. The Labute approximate surface area is 130 Å². The van der Waals surface area contributed by atoms with E-state index in [0.29, 0.717) is 6.54 Å². The summed E-state index contributed by atoms with van der Waals surface area (Å²) in [5.74, 6) is 0.838. The van der Waals surface area contributed by atoms with E-state index in [1.165, 1.54) is 5.56 Å². The number of aryl methyl sites for hydroxylation is 1. The molecule has 3 N–H and O–H groups in total. The molecule has 3 heterocycles. The quantitative estimate of drug-likeness (QED) is 0.774. The Kier molecular flexibility index (Phi) is 3.88. The molecule has 0 bridgehead atoms. The number of hydrogen-bond donors (Lipinski definition) is 3. The Hall–Kier alpha value is -1.92. The lowest BCUT2D eigenvalue weighted by Gasteiger charge is -2.30. The molecule has 3 rings (SSSR count). The Balaban J connectivity index is 1.84. The fraction of sp³-hybridized carbons (Fsp3) is 0.500. The predicted molar refractivity (Wildman–Crippen MR) is 85.8 cm³/mol. The number of piperazine rings is 1. The molecule has 118 valence electrons. The molecule has 2 aromatic heterocycles. The van der Waals surface area contributed by atoms with E-state index in [1.807, 2.05) is 36.7 Å². The van der Waals surface area contributed by atoms with E-state index in [9.17, 15) is 4.79 Å². The third-order valence-corrected chi connectivity index (χ3v) is 4.13. The van der Waals surface area contributed by atoms with Gasteiger partial charge in [-0.2, -0.15) is 0 Å². The fourth-order valence-corrected chi connectivity index (χ4v) is 2.91. The number of fused-ring (bicyclic) bond motifs is 1. The van der Waals surface area contributed by atoms with Crippen LogP contribution in [-0.2, 0) is 10.3 Å². The summed E-state index contributed by atoms with van der Waals surface area (Å²) in [6.45, 7) is 8.39. The molecule has 0 radical (unpaired) electrons. The summed E-state index contributed by atoms with van der Waals surface area (Å²) < 4.78 is 2.04. The highest BCUT2D eigenvalue weighted by Crippen LogP contribution is 2.22.